The van der Waals surface area contributed by atoms with E-state index in [0.717, 1.165) is 37.6 Å². The van der Waals surface area contributed by atoms with Crippen LogP contribution in [0.25, 0.3) is 0 Å². The highest BCUT2D eigenvalue weighted by atomic mass is 16.5. The number of hydrogen-bond donors (Lipinski definition) is 1. The summed E-state index contributed by atoms with van der Waals surface area (Å²) < 4.78 is 7.80. The zero-order valence-corrected chi connectivity index (χ0v) is 18.3. The van der Waals surface area contributed by atoms with Crippen molar-refractivity contribution in [3.63, 3.8) is 0 Å². The van der Waals surface area contributed by atoms with Crippen molar-refractivity contribution in [2.45, 2.75) is 59.9 Å². The summed E-state index contributed by atoms with van der Waals surface area (Å²) in [6, 6.07) is 10.0. The van der Waals surface area contributed by atoms with Crippen molar-refractivity contribution < 1.29 is 9.53 Å². The Morgan fingerprint density at radius 3 is 2.45 bits per heavy atom. The van der Waals surface area contributed by atoms with Crippen molar-refractivity contribution in [1.29, 1.82) is 0 Å². The number of carbonyl (C=O) groups is 1. The van der Waals surface area contributed by atoms with Crippen molar-refractivity contribution >= 4 is 5.91 Å². The van der Waals surface area contributed by atoms with Crippen LogP contribution in [0.1, 0.15) is 48.1 Å². The van der Waals surface area contributed by atoms with Gasteiger partial charge < -0.3 is 10.1 Å². The van der Waals surface area contributed by atoms with Crippen LogP contribution in [0.4, 0.5) is 0 Å². The van der Waals surface area contributed by atoms with Gasteiger partial charge in [-0.15, -0.1) is 0 Å². The number of aromatic nitrogens is 2. The van der Waals surface area contributed by atoms with Crippen LogP contribution in [0.3, 0.4) is 0 Å². The number of nitrogens with zero attached hydrogens (tertiary/aromatic N) is 3. The van der Waals surface area contributed by atoms with E-state index in [-0.39, 0.29) is 18.1 Å². The summed E-state index contributed by atoms with van der Waals surface area (Å²) in [6.07, 6.45) is 0.528. The number of benzene rings is 1. The van der Waals surface area contributed by atoms with Crippen LogP contribution in [0, 0.1) is 19.8 Å². The summed E-state index contributed by atoms with van der Waals surface area (Å²) in [7, 11) is 0. The Labute approximate surface area is 174 Å². The molecule has 2 aromatic rings. The number of nitrogens with one attached hydrogen (secondary N) is 1. The van der Waals surface area contributed by atoms with Gasteiger partial charge in [0.15, 0.2) is 0 Å². The fourth-order valence-electron chi connectivity index (χ4n) is 4.02. The van der Waals surface area contributed by atoms with Gasteiger partial charge in [0, 0.05) is 44.0 Å². The Bertz CT molecular complexity index is 805. The molecular formula is C23H34N4O2. The minimum Gasteiger partial charge on any atom is -0.373 e. The summed E-state index contributed by atoms with van der Waals surface area (Å²) in [5.74, 6) is 0.284. The van der Waals surface area contributed by atoms with Gasteiger partial charge in [0.1, 0.15) is 0 Å². The standard InChI is InChI=1S/C23H34N4O2/c1-16(12-27-18(3)10-17(2)25-27)11-24-23(28)22-8-6-21(7-9-22)15-26-13-19(4)29-20(5)14-26/h6-10,16,19-20H,11-15H2,1-5H3,(H,24,28)/t16-,19-,20+/m0/s1. The SMILES string of the molecule is Cc1cc(C)n(C[C@@H](C)CNC(=O)c2ccc(CN3C[C@@H](C)O[C@@H](C)C3)cc2)n1. The van der Waals surface area contributed by atoms with Crippen LogP contribution in [0.2, 0.25) is 0 Å². The molecule has 0 radical (unpaired) electrons. The van der Waals surface area contributed by atoms with E-state index in [9.17, 15) is 4.79 Å². The van der Waals surface area contributed by atoms with Gasteiger partial charge in [-0.25, -0.2) is 0 Å². The van der Waals surface area contributed by atoms with Crippen molar-refractivity contribution in [3.8, 4) is 0 Å². The molecule has 3 atom stereocenters. The van der Waals surface area contributed by atoms with Crippen LogP contribution in [0.5, 0.6) is 0 Å². The predicted molar refractivity (Wildman–Crippen MR) is 115 cm³/mol. The van der Waals surface area contributed by atoms with Crippen LogP contribution >= 0.6 is 0 Å². The molecule has 0 aliphatic carbocycles. The van der Waals surface area contributed by atoms with Gasteiger partial charge in [-0.3, -0.25) is 14.4 Å². The van der Waals surface area contributed by atoms with E-state index in [4.69, 9.17) is 4.74 Å². The molecule has 0 bridgehead atoms. The van der Waals surface area contributed by atoms with E-state index in [0.29, 0.717) is 18.0 Å². The monoisotopic (exact) mass is 398 g/mol. The minimum atomic E-state index is -0.0228. The normalized spacial score (nSPS) is 21.1. The molecular weight excluding hydrogens is 364 g/mol. The Balaban J connectivity index is 1.47. The molecule has 6 heteroatoms. The van der Waals surface area contributed by atoms with Crippen LogP contribution in [0.15, 0.2) is 30.3 Å². The van der Waals surface area contributed by atoms with E-state index in [1.54, 1.807) is 0 Å². The van der Waals surface area contributed by atoms with E-state index >= 15 is 0 Å². The topological polar surface area (TPSA) is 59.4 Å². The van der Waals surface area contributed by atoms with E-state index < -0.39 is 0 Å². The number of hydrogen-bond acceptors (Lipinski definition) is 4. The number of morpholine rings is 1. The molecule has 1 saturated heterocycles. The molecule has 158 valence electrons. The van der Waals surface area contributed by atoms with Gasteiger partial charge >= 0.3 is 0 Å². The summed E-state index contributed by atoms with van der Waals surface area (Å²) in [6.45, 7) is 14.6. The second-order valence-electron chi connectivity index (χ2n) is 8.57. The molecule has 1 aromatic heterocycles. The Morgan fingerprint density at radius 1 is 1.21 bits per heavy atom. The summed E-state index contributed by atoms with van der Waals surface area (Å²) >= 11 is 0. The highest BCUT2D eigenvalue weighted by molar-refractivity contribution is 5.94. The molecule has 2 heterocycles. The Hall–Kier alpha value is -2.18. The Morgan fingerprint density at radius 2 is 1.86 bits per heavy atom. The van der Waals surface area contributed by atoms with Gasteiger partial charge in [0.05, 0.1) is 17.9 Å². The third kappa shape index (κ3) is 6.15. The first-order valence-corrected chi connectivity index (χ1v) is 10.6. The second-order valence-corrected chi connectivity index (χ2v) is 8.57. The van der Waals surface area contributed by atoms with Crippen LogP contribution < -0.4 is 5.32 Å². The molecule has 1 amide bonds. The second kappa shape index (κ2) is 9.55. The maximum absolute atomic E-state index is 12.5. The van der Waals surface area contributed by atoms with Crippen molar-refractivity contribution in [2.24, 2.45) is 5.92 Å². The molecule has 6 nitrogen and oxygen atoms in total. The zero-order valence-electron chi connectivity index (χ0n) is 18.3. The van der Waals surface area contributed by atoms with Crippen molar-refractivity contribution in [1.82, 2.24) is 20.0 Å². The van der Waals surface area contributed by atoms with Crippen LogP contribution in [-0.4, -0.2) is 52.4 Å². The lowest BCUT2D eigenvalue weighted by atomic mass is 10.1. The average molecular weight is 399 g/mol. The van der Waals surface area contributed by atoms with Crippen molar-refractivity contribution in [3.05, 3.63) is 52.8 Å². The summed E-state index contributed by atoms with van der Waals surface area (Å²) in [5, 5.41) is 7.55. The first kappa shape index (κ1) is 21.5. The number of ether oxygens (including phenoxy) is 1. The first-order chi connectivity index (χ1) is 13.8. The van der Waals surface area contributed by atoms with Gasteiger partial charge in [0.2, 0.25) is 0 Å². The molecule has 1 N–H and O–H groups in total. The Kier molecular flexibility index (Phi) is 7.09. The zero-order chi connectivity index (χ0) is 21.0. The molecule has 0 saturated carbocycles. The maximum atomic E-state index is 12.5. The summed E-state index contributed by atoms with van der Waals surface area (Å²) in [5.41, 5.74) is 4.11. The smallest absolute Gasteiger partial charge is 0.251 e. The maximum Gasteiger partial charge on any atom is 0.251 e. The average Bonchev–Trinajstić information content (AvgIpc) is 2.96. The van der Waals surface area contributed by atoms with Crippen LogP contribution in [-0.2, 0) is 17.8 Å². The highest BCUT2D eigenvalue weighted by Crippen LogP contribution is 2.15. The molecule has 0 spiro atoms. The minimum absolute atomic E-state index is 0.0228. The first-order valence-electron chi connectivity index (χ1n) is 10.6. The molecule has 1 fully saturated rings. The van der Waals surface area contributed by atoms with Gasteiger partial charge in [0.25, 0.3) is 5.91 Å². The number of carbonyl (C=O) groups excluding carboxylic acids is 1. The highest BCUT2D eigenvalue weighted by Gasteiger charge is 2.22. The molecule has 1 aromatic carbocycles. The molecule has 29 heavy (non-hydrogen) atoms. The summed E-state index contributed by atoms with van der Waals surface area (Å²) in [4.78, 5) is 14.9. The van der Waals surface area contributed by atoms with Crippen molar-refractivity contribution in [2.75, 3.05) is 19.6 Å². The predicted octanol–water partition coefficient (Wildman–Crippen LogP) is 3.18. The largest absolute Gasteiger partial charge is 0.373 e. The molecule has 1 aliphatic heterocycles. The third-order valence-corrected chi connectivity index (χ3v) is 5.32. The van der Waals surface area contributed by atoms with Gasteiger partial charge in [-0.2, -0.15) is 5.10 Å². The third-order valence-electron chi connectivity index (χ3n) is 5.32. The van der Waals surface area contributed by atoms with Gasteiger partial charge in [-0.05, 0) is 57.4 Å². The van der Waals surface area contributed by atoms with E-state index in [1.165, 1.54) is 5.56 Å². The fourth-order valence-corrected chi connectivity index (χ4v) is 4.02. The lowest BCUT2D eigenvalue weighted by Gasteiger charge is -2.35. The van der Waals surface area contributed by atoms with E-state index in [1.807, 2.05) is 23.7 Å². The number of amides is 1. The molecule has 3 rings (SSSR count). The number of aryl methyl sites for hydroxylation is 2. The molecule has 1 aliphatic rings. The van der Waals surface area contributed by atoms with E-state index in [2.05, 4.69) is 61.2 Å². The van der Waals surface area contributed by atoms with Gasteiger partial charge in [-0.1, -0.05) is 19.1 Å². The lowest BCUT2D eigenvalue weighted by Crippen LogP contribution is -2.44. The lowest BCUT2D eigenvalue weighted by molar-refractivity contribution is -0.0704. The fraction of sp³-hybridized carbons (Fsp3) is 0.565. The number of rotatable bonds is 7. The molecule has 0 unspecified atom stereocenters. The quantitative estimate of drug-likeness (QED) is 0.778.